The number of thioether (sulfide) groups is 1. The van der Waals surface area contributed by atoms with Crippen LogP contribution >= 0.6 is 11.8 Å². The third-order valence-corrected chi connectivity index (χ3v) is 2.67. The summed E-state index contributed by atoms with van der Waals surface area (Å²) in [4.78, 5) is 14.6. The Balaban J connectivity index is 2.42. The lowest BCUT2D eigenvalue weighted by atomic mass is 10.3. The monoisotopic (exact) mass is 180 g/mol. The first-order chi connectivity index (χ1) is 5.90. The van der Waals surface area contributed by atoms with E-state index in [2.05, 4.69) is 10.3 Å². The van der Waals surface area contributed by atoms with Gasteiger partial charge in [0.15, 0.2) is 6.29 Å². The Bertz CT molecular complexity index is 314. The zero-order valence-electron chi connectivity index (χ0n) is 6.41. The molecule has 0 fully saturated rings. The molecule has 3 nitrogen and oxygen atoms in total. The van der Waals surface area contributed by atoms with Crippen LogP contribution in [0.1, 0.15) is 10.4 Å². The van der Waals surface area contributed by atoms with Crippen molar-refractivity contribution in [1.29, 1.82) is 0 Å². The molecule has 0 aliphatic carbocycles. The summed E-state index contributed by atoms with van der Waals surface area (Å²) in [6.07, 6.45) is 2.42. The molecule has 62 valence electrons. The number of aldehydes is 1. The molecule has 0 saturated carbocycles. The zero-order chi connectivity index (χ0) is 8.39. The molecule has 0 spiro atoms. The molecule has 0 bridgehead atoms. The molecule has 1 aliphatic heterocycles. The molecule has 2 rings (SSSR count). The SMILES string of the molecule is O=Cc1cnc2c(c1)NCCS2. The van der Waals surface area contributed by atoms with E-state index in [4.69, 9.17) is 0 Å². The van der Waals surface area contributed by atoms with Crippen LogP contribution in [0.15, 0.2) is 17.3 Å². The van der Waals surface area contributed by atoms with Gasteiger partial charge in [0.25, 0.3) is 0 Å². The zero-order valence-corrected chi connectivity index (χ0v) is 7.23. The van der Waals surface area contributed by atoms with Crippen molar-refractivity contribution in [2.45, 2.75) is 5.03 Å². The van der Waals surface area contributed by atoms with Crippen molar-refractivity contribution >= 4 is 23.7 Å². The molecule has 2 heterocycles. The number of carbonyl (C=O) groups is 1. The molecule has 1 aromatic rings. The summed E-state index contributed by atoms with van der Waals surface area (Å²) < 4.78 is 0. The fourth-order valence-electron chi connectivity index (χ4n) is 1.11. The number of rotatable bonds is 1. The number of pyridine rings is 1. The van der Waals surface area contributed by atoms with Gasteiger partial charge >= 0.3 is 0 Å². The lowest BCUT2D eigenvalue weighted by Gasteiger charge is -2.15. The standard InChI is InChI=1S/C8H8N2OS/c11-5-6-3-7-8(10-4-6)12-2-1-9-7/h3-5,9H,1-2H2. The van der Waals surface area contributed by atoms with E-state index in [0.29, 0.717) is 5.56 Å². The number of carbonyl (C=O) groups excluding carboxylic acids is 1. The predicted molar refractivity (Wildman–Crippen MR) is 48.8 cm³/mol. The maximum Gasteiger partial charge on any atom is 0.151 e. The van der Waals surface area contributed by atoms with Crippen molar-refractivity contribution in [2.24, 2.45) is 0 Å². The van der Waals surface area contributed by atoms with Gasteiger partial charge in [-0.05, 0) is 6.07 Å². The summed E-state index contributed by atoms with van der Waals surface area (Å²) in [5.74, 6) is 1.04. The van der Waals surface area contributed by atoms with Gasteiger partial charge in [-0.3, -0.25) is 4.79 Å². The van der Waals surface area contributed by atoms with Gasteiger partial charge < -0.3 is 5.32 Å². The number of aromatic nitrogens is 1. The molecule has 0 amide bonds. The van der Waals surface area contributed by atoms with Gasteiger partial charge in [-0.15, -0.1) is 11.8 Å². The lowest BCUT2D eigenvalue weighted by Crippen LogP contribution is -2.11. The van der Waals surface area contributed by atoms with Gasteiger partial charge in [-0.2, -0.15) is 0 Å². The highest BCUT2D eigenvalue weighted by Gasteiger charge is 2.09. The number of hydrogen-bond acceptors (Lipinski definition) is 4. The summed E-state index contributed by atoms with van der Waals surface area (Å²) in [6, 6.07) is 1.83. The van der Waals surface area contributed by atoms with Crippen LogP contribution in [-0.2, 0) is 0 Å². The fraction of sp³-hybridized carbons (Fsp3) is 0.250. The molecular weight excluding hydrogens is 172 g/mol. The van der Waals surface area contributed by atoms with Crippen LogP contribution in [0.2, 0.25) is 0 Å². The average Bonchev–Trinajstić information content (AvgIpc) is 2.17. The van der Waals surface area contributed by atoms with Crippen LogP contribution in [-0.4, -0.2) is 23.6 Å². The Hall–Kier alpha value is -1.03. The Morgan fingerprint density at radius 3 is 3.42 bits per heavy atom. The molecule has 0 unspecified atom stereocenters. The van der Waals surface area contributed by atoms with E-state index < -0.39 is 0 Å². The maximum absolute atomic E-state index is 10.4. The summed E-state index contributed by atoms with van der Waals surface area (Å²) in [6.45, 7) is 0.946. The molecule has 0 atom stereocenters. The van der Waals surface area contributed by atoms with Gasteiger partial charge in [0.05, 0.1) is 5.69 Å². The normalized spacial score (nSPS) is 14.7. The van der Waals surface area contributed by atoms with Gasteiger partial charge in [0.2, 0.25) is 0 Å². The second kappa shape index (κ2) is 3.15. The van der Waals surface area contributed by atoms with Crippen LogP contribution in [0.4, 0.5) is 5.69 Å². The van der Waals surface area contributed by atoms with E-state index in [-0.39, 0.29) is 0 Å². The number of fused-ring (bicyclic) bond motifs is 1. The van der Waals surface area contributed by atoms with E-state index in [1.807, 2.05) is 6.07 Å². The minimum absolute atomic E-state index is 0.628. The third kappa shape index (κ3) is 1.30. The highest BCUT2D eigenvalue weighted by Crippen LogP contribution is 2.28. The Kier molecular flexibility index (Phi) is 1.99. The quantitative estimate of drug-likeness (QED) is 0.663. The molecule has 1 N–H and O–H groups in total. The summed E-state index contributed by atoms with van der Waals surface area (Å²) in [5, 5.41) is 4.19. The minimum atomic E-state index is 0.628. The number of anilines is 1. The molecule has 1 aliphatic rings. The van der Waals surface area contributed by atoms with Crippen LogP contribution in [0.3, 0.4) is 0 Å². The molecule has 0 radical (unpaired) electrons. The van der Waals surface area contributed by atoms with E-state index >= 15 is 0 Å². The van der Waals surface area contributed by atoms with Gasteiger partial charge in [-0.25, -0.2) is 4.98 Å². The van der Waals surface area contributed by atoms with Gasteiger partial charge in [0, 0.05) is 24.1 Å². The smallest absolute Gasteiger partial charge is 0.151 e. The lowest BCUT2D eigenvalue weighted by molar-refractivity contribution is 0.112. The highest BCUT2D eigenvalue weighted by atomic mass is 32.2. The topological polar surface area (TPSA) is 42.0 Å². The Labute approximate surface area is 74.6 Å². The van der Waals surface area contributed by atoms with E-state index in [1.165, 1.54) is 0 Å². The van der Waals surface area contributed by atoms with Crippen LogP contribution in [0, 0.1) is 0 Å². The molecule has 12 heavy (non-hydrogen) atoms. The second-order valence-corrected chi connectivity index (χ2v) is 3.60. The first kappa shape index (κ1) is 7.61. The minimum Gasteiger partial charge on any atom is -0.382 e. The summed E-state index contributed by atoms with van der Waals surface area (Å²) in [7, 11) is 0. The first-order valence-electron chi connectivity index (χ1n) is 3.72. The largest absolute Gasteiger partial charge is 0.382 e. The Morgan fingerprint density at radius 2 is 2.58 bits per heavy atom. The number of hydrogen-bond donors (Lipinski definition) is 1. The molecule has 1 aromatic heterocycles. The molecule has 4 heteroatoms. The van der Waals surface area contributed by atoms with Crippen LogP contribution in [0.25, 0.3) is 0 Å². The van der Waals surface area contributed by atoms with Crippen LogP contribution < -0.4 is 5.32 Å². The van der Waals surface area contributed by atoms with Crippen molar-refractivity contribution in [3.63, 3.8) is 0 Å². The van der Waals surface area contributed by atoms with Crippen molar-refractivity contribution in [1.82, 2.24) is 4.98 Å². The van der Waals surface area contributed by atoms with Gasteiger partial charge in [0.1, 0.15) is 5.03 Å². The fourth-order valence-corrected chi connectivity index (χ4v) is 1.92. The second-order valence-electron chi connectivity index (χ2n) is 2.51. The van der Waals surface area contributed by atoms with Crippen molar-refractivity contribution in [3.05, 3.63) is 17.8 Å². The predicted octanol–water partition coefficient (Wildman–Crippen LogP) is 1.41. The number of nitrogens with zero attached hydrogens (tertiary/aromatic N) is 1. The summed E-state index contributed by atoms with van der Waals surface area (Å²) in [5.41, 5.74) is 1.61. The summed E-state index contributed by atoms with van der Waals surface area (Å²) >= 11 is 1.72. The van der Waals surface area contributed by atoms with E-state index in [1.54, 1.807) is 18.0 Å². The van der Waals surface area contributed by atoms with Gasteiger partial charge in [-0.1, -0.05) is 0 Å². The molecule has 0 saturated heterocycles. The average molecular weight is 180 g/mol. The van der Waals surface area contributed by atoms with Crippen molar-refractivity contribution in [2.75, 3.05) is 17.6 Å². The Morgan fingerprint density at radius 1 is 1.67 bits per heavy atom. The van der Waals surface area contributed by atoms with E-state index in [9.17, 15) is 4.79 Å². The molecule has 0 aromatic carbocycles. The van der Waals surface area contributed by atoms with Crippen molar-refractivity contribution in [3.8, 4) is 0 Å². The maximum atomic E-state index is 10.4. The van der Waals surface area contributed by atoms with Crippen molar-refractivity contribution < 1.29 is 4.79 Å². The van der Waals surface area contributed by atoms with Crippen LogP contribution in [0.5, 0.6) is 0 Å². The van der Waals surface area contributed by atoms with E-state index in [0.717, 1.165) is 29.3 Å². The molecular formula is C8H8N2OS. The first-order valence-corrected chi connectivity index (χ1v) is 4.70. The number of nitrogens with one attached hydrogen (secondary N) is 1. The highest BCUT2D eigenvalue weighted by molar-refractivity contribution is 7.99. The third-order valence-electron chi connectivity index (χ3n) is 1.66.